The van der Waals surface area contributed by atoms with E-state index < -0.39 is 19.8 Å². The van der Waals surface area contributed by atoms with Gasteiger partial charge < -0.3 is 4.79 Å². The topological polar surface area (TPSA) is 17.1 Å². The SMILES string of the molecule is C[Si](C)(C)C#CC(CCC=O)c1ccc(C(F)(F)F)cc1. The van der Waals surface area contributed by atoms with E-state index in [4.69, 9.17) is 0 Å². The number of benzene rings is 1. The van der Waals surface area contributed by atoms with Crippen molar-refractivity contribution < 1.29 is 18.0 Å². The number of hydrogen-bond acceptors (Lipinski definition) is 1. The first-order valence-corrected chi connectivity index (χ1v) is 10.3. The fourth-order valence-electron chi connectivity index (χ4n) is 1.76. The van der Waals surface area contributed by atoms with Gasteiger partial charge in [0.2, 0.25) is 0 Å². The Kier molecular flexibility index (Phi) is 5.79. The Balaban J connectivity index is 3.02. The van der Waals surface area contributed by atoms with Crippen LogP contribution in [0.3, 0.4) is 0 Å². The van der Waals surface area contributed by atoms with Gasteiger partial charge in [-0.3, -0.25) is 0 Å². The number of carbonyl (C=O) groups is 1. The van der Waals surface area contributed by atoms with E-state index in [1.54, 1.807) is 0 Å². The summed E-state index contributed by atoms with van der Waals surface area (Å²) in [5.41, 5.74) is 3.29. The minimum atomic E-state index is -4.33. The molecule has 0 amide bonds. The van der Waals surface area contributed by atoms with E-state index in [0.29, 0.717) is 12.8 Å². The number of halogens is 3. The monoisotopic (exact) mass is 312 g/mol. The first-order valence-electron chi connectivity index (χ1n) is 6.77. The zero-order chi connectivity index (χ0) is 16.1. The second kappa shape index (κ2) is 6.95. The first kappa shape index (κ1) is 17.5. The molecule has 0 fully saturated rings. The molecular weight excluding hydrogens is 293 g/mol. The fourth-order valence-corrected chi connectivity index (χ4v) is 2.37. The third kappa shape index (κ3) is 6.17. The predicted molar refractivity (Wildman–Crippen MR) is 80.6 cm³/mol. The van der Waals surface area contributed by atoms with Crippen LogP contribution in [0.15, 0.2) is 24.3 Å². The van der Waals surface area contributed by atoms with Crippen LogP contribution in [0.1, 0.15) is 29.9 Å². The van der Waals surface area contributed by atoms with Gasteiger partial charge in [0.05, 0.1) is 5.56 Å². The standard InChI is InChI=1S/C16H19F3OSi/c1-21(2,3)12-10-13(5-4-11-20)14-6-8-15(9-7-14)16(17,18)19/h6-9,11,13H,4-5H2,1-3H3. The molecule has 1 aromatic rings. The molecule has 0 bridgehead atoms. The molecule has 0 aliphatic heterocycles. The number of rotatable bonds is 4. The third-order valence-corrected chi connectivity index (χ3v) is 3.73. The summed E-state index contributed by atoms with van der Waals surface area (Å²) in [6.07, 6.45) is -2.63. The summed E-state index contributed by atoms with van der Waals surface area (Å²) in [6.45, 7) is 6.30. The van der Waals surface area contributed by atoms with E-state index in [-0.39, 0.29) is 5.92 Å². The van der Waals surface area contributed by atoms with Crippen LogP contribution in [0.2, 0.25) is 19.6 Å². The average molecular weight is 312 g/mol. The van der Waals surface area contributed by atoms with Gasteiger partial charge in [-0.1, -0.05) is 31.8 Å². The molecule has 1 aromatic carbocycles. The van der Waals surface area contributed by atoms with Gasteiger partial charge in [-0.25, -0.2) is 0 Å². The van der Waals surface area contributed by atoms with Gasteiger partial charge in [0.25, 0.3) is 0 Å². The number of alkyl halides is 3. The Morgan fingerprint density at radius 1 is 1.19 bits per heavy atom. The largest absolute Gasteiger partial charge is 0.416 e. The number of hydrogen-bond donors (Lipinski definition) is 0. The molecule has 5 heteroatoms. The molecule has 0 aromatic heterocycles. The van der Waals surface area contributed by atoms with Gasteiger partial charge in [0.1, 0.15) is 14.4 Å². The van der Waals surface area contributed by atoms with Crippen molar-refractivity contribution >= 4 is 14.4 Å². The lowest BCUT2D eigenvalue weighted by molar-refractivity contribution is -0.137. The Morgan fingerprint density at radius 2 is 1.76 bits per heavy atom. The van der Waals surface area contributed by atoms with Crippen molar-refractivity contribution in [3.63, 3.8) is 0 Å². The van der Waals surface area contributed by atoms with Crippen LogP contribution in [0.4, 0.5) is 13.2 Å². The highest BCUT2D eigenvalue weighted by molar-refractivity contribution is 6.83. The number of carbonyl (C=O) groups excluding carboxylic acids is 1. The normalized spacial score (nSPS) is 13.2. The van der Waals surface area contributed by atoms with Crippen LogP contribution >= 0.6 is 0 Å². The van der Waals surface area contributed by atoms with Gasteiger partial charge in [0.15, 0.2) is 0 Å². The lowest BCUT2D eigenvalue weighted by Crippen LogP contribution is -2.17. The molecular formula is C16H19F3OSi. The second-order valence-corrected chi connectivity index (χ2v) is 10.7. The first-order chi connectivity index (χ1) is 9.63. The van der Waals surface area contributed by atoms with Crippen molar-refractivity contribution in [2.45, 2.75) is 44.6 Å². The Morgan fingerprint density at radius 3 is 2.19 bits per heavy atom. The van der Waals surface area contributed by atoms with Gasteiger partial charge in [-0.05, 0) is 24.1 Å². The summed E-state index contributed by atoms with van der Waals surface area (Å²) >= 11 is 0. The molecule has 1 rings (SSSR count). The summed E-state index contributed by atoms with van der Waals surface area (Å²) in [6, 6.07) is 5.05. The fraction of sp³-hybridized carbons (Fsp3) is 0.438. The maximum atomic E-state index is 12.6. The van der Waals surface area contributed by atoms with Crippen LogP contribution in [0.5, 0.6) is 0 Å². The van der Waals surface area contributed by atoms with E-state index in [1.165, 1.54) is 12.1 Å². The molecule has 0 saturated carbocycles. The van der Waals surface area contributed by atoms with Crippen LogP contribution in [-0.2, 0) is 11.0 Å². The molecule has 0 heterocycles. The highest BCUT2D eigenvalue weighted by Crippen LogP contribution is 2.30. The minimum Gasteiger partial charge on any atom is -0.303 e. The second-order valence-electron chi connectivity index (χ2n) is 5.94. The highest BCUT2D eigenvalue weighted by atomic mass is 28.3. The summed E-state index contributed by atoms with van der Waals surface area (Å²) in [7, 11) is -1.56. The maximum absolute atomic E-state index is 12.6. The molecule has 0 N–H and O–H groups in total. The molecule has 1 atom stereocenters. The predicted octanol–water partition coefficient (Wildman–Crippen LogP) is 4.65. The molecule has 0 aliphatic rings. The number of aldehydes is 1. The van der Waals surface area contributed by atoms with E-state index in [2.05, 4.69) is 31.1 Å². The lowest BCUT2D eigenvalue weighted by atomic mass is 9.94. The molecule has 1 nitrogen and oxygen atoms in total. The molecule has 0 saturated heterocycles. The lowest BCUT2D eigenvalue weighted by Gasteiger charge is -2.13. The van der Waals surface area contributed by atoms with Crippen LogP contribution in [0.25, 0.3) is 0 Å². The quantitative estimate of drug-likeness (QED) is 0.449. The van der Waals surface area contributed by atoms with Crippen LogP contribution in [-0.4, -0.2) is 14.4 Å². The van der Waals surface area contributed by atoms with Crippen molar-refractivity contribution in [1.29, 1.82) is 0 Å². The maximum Gasteiger partial charge on any atom is 0.416 e. The Bertz CT molecular complexity index is 530. The molecule has 1 unspecified atom stereocenters. The Hall–Kier alpha value is -1.54. The van der Waals surface area contributed by atoms with Crippen molar-refractivity contribution in [3.05, 3.63) is 35.4 Å². The van der Waals surface area contributed by atoms with E-state index >= 15 is 0 Å². The Labute approximate surface area is 124 Å². The van der Waals surface area contributed by atoms with Gasteiger partial charge in [-0.2, -0.15) is 13.2 Å². The van der Waals surface area contributed by atoms with E-state index in [0.717, 1.165) is 24.0 Å². The van der Waals surface area contributed by atoms with Crippen molar-refractivity contribution in [2.24, 2.45) is 0 Å². The van der Waals surface area contributed by atoms with Crippen LogP contribution in [0, 0.1) is 11.5 Å². The molecule has 0 radical (unpaired) electrons. The zero-order valence-electron chi connectivity index (χ0n) is 12.4. The smallest absolute Gasteiger partial charge is 0.303 e. The van der Waals surface area contributed by atoms with Gasteiger partial charge >= 0.3 is 6.18 Å². The highest BCUT2D eigenvalue weighted by Gasteiger charge is 2.30. The van der Waals surface area contributed by atoms with Crippen molar-refractivity contribution in [2.75, 3.05) is 0 Å². The van der Waals surface area contributed by atoms with E-state index in [9.17, 15) is 18.0 Å². The average Bonchev–Trinajstić information content (AvgIpc) is 2.37. The summed E-state index contributed by atoms with van der Waals surface area (Å²) in [5.74, 6) is 2.95. The minimum absolute atomic E-state index is 0.191. The van der Waals surface area contributed by atoms with Crippen molar-refractivity contribution in [3.8, 4) is 11.5 Å². The zero-order valence-corrected chi connectivity index (χ0v) is 13.4. The summed E-state index contributed by atoms with van der Waals surface area (Å²) in [5, 5.41) is 0. The van der Waals surface area contributed by atoms with Crippen molar-refractivity contribution in [1.82, 2.24) is 0 Å². The van der Waals surface area contributed by atoms with Gasteiger partial charge in [-0.15, -0.1) is 11.5 Å². The molecule has 21 heavy (non-hydrogen) atoms. The van der Waals surface area contributed by atoms with E-state index in [1.807, 2.05) is 0 Å². The summed E-state index contributed by atoms with van der Waals surface area (Å²) < 4.78 is 37.7. The van der Waals surface area contributed by atoms with Gasteiger partial charge in [0, 0.05) is 12.3 Å². The third-order valence-electron chi connectivity index (χ3n) is 2.83. The molecule has 114 valence electrons. The summed E-state index contributed by atoms with van der Waals surface area (Å²) in [4.78, 5) is 10.5. The molecule has 0 aliphatic carbocycles. The molecule has 0 spiro atoms. The van der Waals surface area contributed by atoms with Crippen LogP contribution < -0.4 is 0 Å².